The van der Waals surface area contributed by atoms with Crippen LogP contribution in [0.3, 0.4) is 0 Å². The predicted octanol–water partition coefficient (Wildman–Crippen LogP) is 4.25. The number of anilines is 3. The number of carbonyl (C=O) groups is 2. The van der Waals surface area contributed by atoms with Gasteiger partial charge in [0.05, 0.1) is 5.69 Å². The summed E-state index contributed by atoms with van der Waals surface area (Å²) >= 11 is 0. The van der Waals surface area contributed by atoms with Gasteiger partial charge in [0.2, 0.25) is 11.8 Å². The fourth-order valence-corrected chi connectivity index (χ4v) is 2.35. The molecule has 0 aliphatic rings. The van der Waals surface area contributed by atoms with E-state index in [4.69, 9.17) is 0 Å². The molecule has 0 radical (unpaired) electrons. The lowest BCUT2D eigenvalue weighted by atomic mass is 10.1. The number of rotatable bonds is 7. The second kappa shape index (κ2) is 8.99. The zero-order valence-electron chi connectivity index (χ0n) is 15.2. The van der Waals surface area contributed by atoms with Gasteiger partial charge in [0.15, 0.2) is 0 Å². The Labute approximate surface area is 153 Å². The maximum absolute atomic E-state index is 13.6. The Hall–Kier alpha value is -2.89. The van der Waals surface area contributed by atoms with Gasteiger partial charge in [-0.3, -0.25) is 9.59 Å². The van der Waals surface area contributed by atoms with Crippen molar-refractivity contribution < 1.29 is 14.0 Å². The van der Waals surface area contributed by atoms with Gasteiger partial charge in [-0.15, -0.1) is 0 Å². The lowest BCUT2D eigenvalue weighted by molar-refractivity contribution is -0.117. The second-order valence-electron chi connectivity index (χ2n) is 6.56. The number of benzene rings is 2. The van der Waals surface area contributed by atoms with Crippen molar-refractivity contribution >= 4 is 28.9 Å². The van der Waals surface area contributed by atoms with Crippen molar-refractivity contribution in [1.29, 1.82) is 0 Å². The summed E-state index contributed by atoms with van der Waals surface area (Å²) in [5.41, 5.74) is 1.57. The Balaban J connectivity index is 1.90. The minimum absolute atomic E-state index is 0.0293. The summed E-state index contributed by atoms with van der Waals surface area (Å²) < 4.78 is 13.6. The summed E-state index contributed by atoms with van der Waals surface area (Å²) in [6, 6.07) is 12.5. The number of carbonyl (C=O) groups excluding carboxylic acids is 2. The predicted molar refractivity (Wildman–Crippen MR) is 103 cm³/mol. The number of nitrogens with one attached hydrogen (secondary N) is 3. The number of hydrogen-bond acceptors (Lipinski definition) is 3. The maximum atomic E-state index is 13.6. The summed E-state index contributed by atoms with van der Waals surface area (Å²) in [6.45, 7) is 5.66. The van der Waals surface area contributed by atoms with Crippen molar-refractivity contribution in [2.24, 2.45) is 5.92 Å². The first-order valence-corrected chi connectivity index (χ1v) is 8.57. The van der Waals surface area contributed by atoms with Crippen LogP contribution < -0.4 is 16.0 Å². The quantitative estimate of drug-likeness (QED) is 0.694. The molecule has 2 rings (SSSR count). The molecule has 2 aromatic carbocycles. The van der Waals surface area contributed by atoms with Crippen LogP contribution in [0.1, 0.15) is 27.2 Å². The van der Waals surface area contributed by atoms with E-state index in [0.29, 0.717) is 18.0 Å². The van der Waals surface area contributed by atoms with E-state index in [9.17, 15) is 14.0 Å². The van der Waals surface area contributed by atoms with E-state index in [-0.39, 0.29) is 17.5 Å². The van der Waals surface area contributed by atoms with Crippen LogP contribution in [-0.2, 0) is 9.59 Å². The molecule has 0 heterocycles. The maximum Gasteiger partial charge on any atom is 0.246 e. The third-order valence-corrected chi connectivity index (χ3v) is 3.67. The molecular weight excluding hydrogens is 333 g/mol. The number of para-hydroxylation sites is 1. The van der Waals surface area contributed by atoms with Gasteiger partial charge in [-0.05, 0) is 49.2 Å². The van der Waals surface area contributed by atoms with Crippen molar-refractivity contribution in [3.8, 4) is 0 Å². The summed E-state index contributed by atoms with van der Waals surface area (Å²) in [7, 11) is 0. The topological polar surface area (TPSA) is 70.2 Å². The molecule has 26 heavy (non-hydrogen) atoms. The first kappa shape index (κ1) is 19.4. The average Bonchev–Trinajstić information content (AvgIpc) is 2.57. The first-order chi connectivity index (χ1) is 12.3. The van der Waals surface area contributed by atoms with Crippen LogP contribution in [0.15, 0.2) is 48.5 Å². The van der Waals surface area contributed by atoms with E-state index in [0.717, 1.165) is 5.69 Å². The van der Waals surface area contributed by atoms with Gasteiger partial charge in [0.25, 0.3) is 0 Å². The Morgan fingerprint density at radius 2 is 1.54 bits per heavy atom. The van der Waals surface area contributed by atoms with Crippen molar-refractivity contribution in [2.75, 3.05) is 16.0 Å². The third kappa shape index (κ3) is 5.88. The van der Waals surface area contributed by atoms with E-state index in [1.54, 1.807) is 43.3 Å². The Kier molecular flexibility index (Phi) is 6.72. The highest BCUT2D eigenvalue weighted by molar-refractivity contribution is 5.96. The highest BCUT2D eigenvalue weighted by Crippen LogP contribution is 2.17. The van der Waals surface area contributed by atoms with Gasteiger partial charge in [-0.1, -0.05) is 26.0 Å². The van der Waals surface area contributed by atoms with Crippen LogP contribution in [0.4, 0.5) is 21.5 Å². The van der Waals surface area contributed by atoms with Crippen LogP contribution in [0.25, 0.3) is 0 Å². The highest BCUT2D eigenvalue weighted by Gasteiger charge is 2.14. The van der Waals surface area contributed by atoms with Crippen LogP contribution in [0, 0.1) is 11.7 Å². The fraction of sp³-hybridized carbons (Fsp3) is 0.300. The Morgan fingerprint density at radius 3 is 2.15 bits per heavy atom. The zero-order chi connectivity index (χ0) is 19.1. The third-order valence-electron chi connectivity index (χ3n) is 3.67. The van der Waals surface area contributed by atoms with Gasteiger partial charge in [-0.25, -0.2) is 4.39 Å². The lowest BCUT2D eigenvalue weighted by Gasteiger charge is -2.16. The van der Waals surface area contributed by atoms with Gasteiger partial charge < -0.3 is 16.0 Å². The molecule has 5 nitrogen and oxygen atoms in total. The molecule has 0 fully saturated rings. The molecule has 2 aromatic rings. The van der Waals surface area contributed by atoms with Gasteiger partial charge in [0.1, 0.15) is 11.9 Å². The SMILES string of the molecule is CC(C)CC(=O)Nc1ccc(NC(C)C(=O)Nc2ccccc2F)cc1. The summed E-state index contributed by atoms with van der Waals surface area (Å²) in [6.07, 6.45) is 0.466. The molecule has 0 saturated carbocycles. The van der Waals surface area contributed by atoms with Crippen molar-refractivity contribution in [2.45, 2.75) is 33.2 Å². The van der Waals surface area contributed by atoms with E-state index in [1.807, 2.05) is 13.8 Å². The van der Waals surface area contributed by atoms with Crippen LogP contribution >= 0.6 is 0 Å². The van der Waals surface area contributed by atoms with Crippen LogP contribution in [0.5, 0.6) is 0 Å². The standard InChI is InChI=1S/C20H24FN3O2/c1-13(2)12-19(25)23-16-10-8-15(9-11-16)22-14(3)20(26)24-18-7-5-4-6-17(18)21/h4-11,13-14,22H,12H2,1-3H3,(H,23,25)(H,24,26). The molecule has 1 unspecified atom stereocenters. The normalized spacial score (nSPS) is 11.7. The summed E-state index contributed by atoms with van der Waals surface area (Å²) in [5, 5.41) is 8.43. The first-order valence-electron chi connectivity index (χ1n) is 8.57. The largest absolute Gasteiger partial charge is 0.374 e. The molecule has 2 amide bonds. The molecule has 1 atom stereocenters. The lowest BCUT2D eigenvalue weighted by Crippen LogP contribution is -2.32. The van der Waals surface area contributed by atoms with Gasteiger partial charge in [-0.2, -0.15) is 0 Å². The smallest absolute Gasteiger partial charge is 0.246 e. The molecule has 0 aliphatic carbocycles. The minimum Gasteiger partial charge on any atom is -0.374 e. The average molecular weight is 357 g/mol. The van der Waals surface area contributed by atoms with E-state index in [2.05, 4.69) is 16.0 Å². The zero-order valence-corrected chi connectivity index (χ0v) is 15.2. The highest BCUT2D eigenvalue weighted by atomic mass is 19.1. The molecule has 0 aliphatic heterocycles. The minimum atomic E-state index is -0.559. The van der Waals surface area contributed by atoms with Crippen molar-refractivity contribution in [3.05, 3.63) is 54.3 Å². The van der Waals surface area contributed by atoms with Crippen molar-refractivity contribution in [3.63, 3.8) is 0 Å². The molecule has 0 spiro atoms. The summed E-state index contributed by atoms with van der Waals surface area (Å²) in [4.78, 5) is 24.0. The summed E-state index contributed by atoms with van der Waals surface area (Å²) in [5.74, 6) is -0.554. The molecule has 0 saturated heterocycles. The Bertz CT molecular complexity index is 760. The van der Waals surface area contributed by atoms with Gasteiger partial charge >= 0.3 is 0 Å². The fourth-order valence-electron chi connectivity index (χ4n) is 2.35. The molecular formula is C20H24FN3O2. The van der Waals surface area contributed by atoms with Crippen LogP contribution in [-0.4, -0.2) is 17.9 Å². The van der Waals surface area contributed by atoms with E-state index >= 15 is 0 Å². The second-order valence-corrected chi connectivity index (χ2v) is 6.56. The number of amides is 2. The van der Waals surface area contributed by atoms with Gasteiger partial charge in [0, 0.05) is 17.8 Å². The van der Waals surface area contributed by atoms with Crippen molar-refractivity contribution in [1.82, 2.24) is 0 Å². The number of halogens is 1. The molecule has 6 heteroatoms. The number of hydrogen-bond donors (Lipinski definition) is 3. The Morgan fingerprint density at radius 1 is 0.923 bits per heavy atom. The van der Waals surface area contributed by atoms with E-state index < -0.39 is 11.9 Å². The van der Waals surface area contributed by atoms with Crippen LogP contribution in [0.2, 0.25) is 0 Å². The molecule has 0 aromatic heterocycles. The molecule has 138 valence electrons. The molecule has 0 bridgehead atoms. The van der Waals surface area contributed by atoms with E-state index in [1.165, 1.54) is 12.1 Å². The molecule has 3 N–H and O–H groups in total. The monoisotopic (exact) mass is 357 g/mol.